The van der Waals surface area contributed by atoms with Crippen LogP contribution < -0.4 is 0 Å². The molecule has 310 valence electrons. The van der Waals surface area contributed by atoms with Crippen molar-refractivity contribution in [3.05, 3.63) is 97.2 Å². The lowest BCUT2D eigenvalue weighted by atomic mass is 10.1. The maximum Gasteiger partial charge on any atom is 0.309 e. The normalized spacial score (nSPS) is 13.0. The van der Waals surface area contributed by atoms with E-state index in [0.717, 1.165) is 77.0 Å². The largest absolute Gasteiger partial charge is 0.462 e. The van der Waals surface area contributed by atoms with Gasteiger partial charge in [-0.1, -0.05) is 163 Å². The standard InChI is InChI=1S/C49H78O6/c1-4-7-10-13-16-19-21-22-23-24-25-26-28-30-33-36-39-42-48(51)54-45-46(44-53-47(50)41-38-35-32-29-18-15-12-9-6-3)55-49(52)43-40-37-34-31-27-20-17-14-11-8-5-2/h8-9,11-12,16-20,22-23,29,31,34-35,38,46H,4-7,10,13-15,21,24-28,30,32-33,36-37,39-45H2,1-3H3/b11-8-,12-9-,19-16-,20-17-,23-22-,29-18-,34-31-,38-35-. The smallest absolute Gasteiger partial charge is 0.309 e. The summed E-state index contributed by atoms with van der Waals surface area (Å²) in [5.74, 6) is -1.14. The molecule has 0 radical (unpaired) electrons. The number of rotatable bonds is 37. The predicted octanol–water partition coefficient (Wildman–Crippen LogP) is 13.9. The van der Waals surface area contributed by atoms with Crippen LogP contribution in [0.1, 0.15) is 175 Å². The summed E-state index contributed by atoms with van der Waals surface area (Å²) in [5, 5.41) is 0. The second-order valence-corrected chi connectivity index (χ2v) is 13.8. The third kappa shape index (κ3) is 41.3. The van der Waals surface area contributed by atoms with Gasteiger partial charge in [-0.15, -0.1) is 0 Å². The molecule has 6 heteroatoms. The zero-order valence-electron chi connectivity index (χ0n) is 35.1. The van der Waals surface area contributed by atoms with Gasteiger partial charge in [-0.3, -0.25) is 14.4 Å². The number of unbranched alkanes of at least 4 members (excludes halogenated alkanes) is 11. The molecule has 0 aliphatic rings. The fourth-order valence-electron chi connectivity index (χ4n) is 5.38. The molecule has 0 rings (SSSR count). The van der Waals surface area contributed by atoms with Crippen molar-refractivity contribution in [2.45, 2.75) is 181 Å². The van der Waals surface area contributed by atoms with Crippen LogP contribution in [0, 0.1) is 0 Å². The number of ether oxygens (including phenoxy) is 3. The summed E-state index contributed by atoms with van der Waals surface area (Å²) in [6.45, 7) is 6.19. The van der Waals surface area contributed by atoms with Crippen LogP contribution in [0.2, 0.25) is 0 Å². The summed E-state index contributed by atoms with van der Waals surface area (Å²) in [4.78, 5) is 37.5. The Morgan fingerprint density at radius 1 is 0.400 bits per heavy atom. The number of hydrogen-bond donors (Lipinski definition) is 0. The maximum atomic E-state index is 12.6. The topological polar surface area (TPSA) is 78.9 Å². The van der Waals surface area contributed by atoms with Crippen molar-refractivity contribution in [1.82, 2.24) is 0 Å². The van der Waals surface area contributed by atoms with Crippen LogP contribution in [0.4, 0.5) is 0 Å². The summed E-state index contributed by atoms with van der Waals surface area (Å²) in [7, 11) is 0. The molecule has 1 atom stereocenters. The van der Waals surface area contributed by atoms with Crippen molar-refractivity contribution in [2.24, 2.45) is 0 Å². The molecular formula is C49H78O6. The quantitative estimate of drug-likeness (QED) is 0.0271. The second kappa shape index (κ2) is 43.1. The Balaban J connectivity index is 4.47. The van der Waals surface area contributed by atoms with Crippen molar-refractivity contribution in [1.29, 1.82) is 0 Å². The summed E-state index contributed by atoms with van der Waals surface area (Å²) >= 11 is 0. The van der Waals surface area contributed by atoms with Crippen LogP contribution in [0.25, 0.3) is 0 Å². The Morgan fingerprint density at radius 3 is 1.33 bits per heavy atom. The highest BCUT2D eigenvalue weighted by molar-refractivity contribution is 5.72. The van der Waals surface area contributed by atoms with Crippen LogP contribution in [0.3, 0.4) is 0 Å². The SMILES string of the molecule is CC/C=C\C/C=C\C/C=C\CCCC(=O)OC(COC(=O)C/C=C\C/C=C\C/C=C\CC)COC(=O)CCCCCCCCC/C=C\C/C=C\CCCCC. The van der Waals surface area contributed by atoms with E-state index >= 15 is 0 Å². The summed E-state index contributed by atoms with van der Waals surface area (Å²) in [5.41, 5.74) is 0. The van der Waals surface area contributed by atoms with E-state index in [1.165, 1.54) is 51.4 Å². The third-order valence-corrected chi connectivity index (χ3v) is 8.59. The van der Waals surface area contributed by atoms with Crippen molar-refractivity contribution in [3.63, 3.8) is 0 Å². The number of carbonyl (C=O) groups excluding carboxylic acids is 3. The fraction of sp³-hybridized carbons (Fsp3) is 0.612. The summed E-state index contributed by atoms with van der Waals surface area (Å²) in [6.07, 6.45) is 55.8. The molecule has 6 nitrogen and oxygen atoms in total. The van der Waals surface area contributed by atoms with E-state index in [4.69, 9.17) is 14.2 Å². The van der Waals surface area contributed by atoms with E-state index in [0.29, 0.717) is 12.8 Å². The third-order valence-electron chi connectivity index (χ3n) is 8.59. The van der Waals surface area contributed by atoms with Crippen LogP contribution in [0.5, 0.6) is 0 Å². The molecule has 0 aromatic carbocycles. The van der Waals surface area contributed by atoms with Crippen LogP contribution >= 0.6 is 0 Å². The molecule has 0 saturated carbocycles. The average molecular weight is 763 g/mol. The molecule has 0 aromatic rings. The molecule has 0 heterocycles. The second-order valence-electron chi connectivity index (χ2n) is 13.8. The van der Waals surface area contributed by atoms with E-state index in [1.807, 2.05) is 6.08 Å². The van der Waals surface area contributed by atoms with Gasteiger partial charge in [0, 0.05) is 12.8 Å². The molecule has 0 N–H and O–H groups in total. The molecular weight excluding hydrogens is 685 g/mol. The first-order valence-corrected chi connectivity index (χ1v) is 21.7. The van der Waals surface area contributed by atoms with Crippen molar-refractivity contribution < 1.29 is 28.6 Å². The molecule has 0 fully saturated rings. The molecule has 55 heavy (non-hydrogen) atoms. The minimum Gasteiger partial charge on any atom is -0.462 e. The molecule has 0 aliphatic carbocycles. The number of hydrogen-bond acceptors (Lipinski definition) is 6. The minimum absolute atomic E-state index is 0.120. The zero-order chi connectivity index (χ0) is 40.1. The Morgan fingerprint density at radius 2 is 0.800 bits per heavy atom. The van der Waals surface area contributed by atoms with Gasteiger partial charge in [0.1, 0.15) is 13.2 Å². The van der Waals surface area contributed by atoms with E-state index in [9.17, 15) is 14.4 Å². The van der Waals surface area contributed by atoms with Gasteiger partial charge in [-0.05, 0) is 89.9 Å². The van der Waals surface area contributed by atoms with Gasteiger partial charge in [-0.25, -0.2) is 0 Å². The molecule has 0 aliphatic heterocycles. The van der Waals surface area contributed by atoms with Crippen LogP contribution in [-0.2, 0) is 28.6 Å². The van der Waals surface area contributed by atoms with Gasteiger partial charge in [0.25, 0.3) is 0 Å². The van der Waals surface area contributed by atoms with Crippen LogP contribution in [-0.4, -0.2) is 37.2 Å². The van der Waals surface area contributed by atoms with Crippen molar-refractivity contribution >= 4 is 17.9 Å². The van der Waals surface area contributed by atoms with Crippen molar-refractivity contribution in [2.75, 3.05) is 13.2 Å². The van der Waals surface area contributed by atoms with E-state index in [2.05, 4.69) is 106 Å². The number of allylic oxidation sites excluding steroid dienone is 15. The lowest BCUT2D eigenvalue weighted by Gasteiger charge is -2.18. The van der Waals surface area contributed by atoms with Crippen molar-refractivity contribution in [3.8, 4) is 0 Å². The first-order chi connectivity index (χ1) is 27.0. The Kier molecular flexibility index (Phi) is 40.2. The highest BCUT2D eigenvalue weighted by Gasteiger charge is 2.19. The van der Waals surface area contributed by atoms with Gasteiger partial charge in [0.15, 0.2) is 6.10 Å². The predicted molar refractivity (Wildman–Crippen MR) is 233 cm³/mol. The lowest BCUT2D eigenvalue weighted by Crippen LogP contribution is -2.30. The molecule has 1 unspecified atom stereocenters. The number of esters is 3. The average Bonchev–Trinajstić information content (AvgIpc) is 3.18. The Labute approximate surface area is 337 Å². The Hall–Kier alpha value is -3.67. The number of carbonyl (C=O) groups is 3. The van der Waals surface area contributed by atoms with Gasteiger partial charge in [0.2, 0.25) is 0 Å². The Bertz CT molecular complexity index is 1150. The van der Waals surface area contributed by atoms with Gasteiger partial charge >= 0.3 is 17.9 Å². The van der Waals surface area contributed by atoms with E-state index < -0.39 is 18.0 Å². The molecule has 0 amide bonds. The fourth-order valence-corrected chi connectivity index (χ4v) is 5.38. The summed E-state index contributed by atoms with van der Waals surface area (Å²) in [6, 6.07) is 0. The van der Waals surface area contributed by atoms with E-state index in [1.54, 1.807) is 6.08 Å². The molecule has 0 bridgehead atoms. The maximum absolute atomic E-state index is 12.6. The van der Waals surface area contributed by atoms with Gasteiger partial charge in [0.05, 0.1) is 6.42 Å². The monoisotopic (exact) mass is 763 g/mol. The molecule has 0 aromatic heterocycles. The zero-order valence-corrected chi connectivity index (χ0v) is 35.1. The lowest BCUT2D eigenvalue weighted by molar-refractivity contribution is -0.166. The highest BCUT2D eigenvalue weighted by Crippen LogP contribution is 2.12. The van der Waals surface area contributed by atoms with E-state index in [-0.39, 0.29) is 32.0 Å². The minimum atomic E-state index is -0.840. The molecule has 0 spiro atoms. The van der Waals surface area contributed by atoms with Gasteiger partial charge in [-0.2, -0.15) is 0 Å². The summed E-state index contributed by atoms with van der Waals surface area (Å²) < 4.78 is 16.5. The van der Waals surface area contributed by atoms with Gasteiger partial charge < -0.3 is 14.2 Å². The molecule has 0 saturated heterocycles. The first kappa shape index (κ1) is 51.3. The first-order valence-electron chi connectivity index (χ1n) is 21.7. The van der Waals surface area contributed by atoms with Crippen LogP contribution in [0.15, 0.2) is 97.2 Å². The highest BCUT2D eigenvalue weighted by atomic mass is 16.6.